The van der Waals surface area contributed by atoms with Crippen LogP contribution in [0.2, 0.25) is 0 Å². The van der Waals surface area contributed by atoms with Crippen molar-refractivity contribution < 1.29 is 32.4 Å². The van der Waals surface area contributed by atoms with Gasteiger partial charge < -0.3 is 9.84 Å². The van der Waals surface area contributed by atoms with Crippen molar-refractivity contribution in [1.82, 2.24) is 0 Å². The molecule has 2 N–H and O–H groups in total. The third-order valence-corrected chi connectivity index (χ3v) is 3.83. The lowest BCUT2D eigenvalue weighted by Gasteiger charge is -2.10. The molecule has 2 aromatic carbocycles. The number of aryl methyl sites for hydroxylation is 1. The molecule has 0 saturated carbocycles. The number of esters is 1. The fourth-order valence-corrected chi connectivity index (χ4v) is 2.68. The van der Waals surface area contributed by atoms with Gasteiger partial charge in [0, 0.05) is 0 Å². The molecule has 8 heteroatoms. The van der Waals surface area contributed by atoms with Gasteiger partial charge in [-0.05, 0) is 36.8 Å². The summed E-state index contributed by atoms with van der Waals surface area (Å²) in [5.41, 5.74) is -0.498. The topological polar surface area (TPSA) is 118 Å². The first-order valence-corrected chi connectivity index (χ1v) is 7.77. The molecule has 0 atom stereocenters. The Labute approximate surface area is 131 Å². The Morgan fingerprint density at radius 1 is 1.09 bits per heavy atom. The summed E-state index contributed by atoms with van der Waals surface area (Å²) in [6.07, 6.45) is 0. The largest absolute Gasteiger partial charge is 0.478 e. The zero-order valence-electron chi connectivity index (χ0n) is 11.9. The van der Waals surface area contributed by atoms with Crippen LogP contribution in [-0.2, 0) is 10.1 Å². The maximum atomic E-state index is 12.2. The molecule has 0 heterocycles. The molecule has 7 nitrogen and oxygen atoms in total. The van der Waals surface area contributed by atoms with E-state index in [2.05, 4.69) is 0 Å². The first-order chi connectivity index (χ1) is 10.7. The minimum atomic E-state index is -4.80. The van der Waals surface area contributed by atoms with Crippen LogP contribution in [-0.4, -0.2) is 30.0 Å². The average Bonchev–Trinajstić information content (AvgIpc) is 2.45. The van der Waals surface area contributed by atoms with Gasteiger partial charge in [0.2, 0.25) is 0 Å². The Hall–Kier alpha value is -2.71. The number of carboxylic acid groups (broad SMARTS) is 1. The normalized spacial score (nSPS) is 11.0. The molecule has 2 rings (SSSR count). The van der Waals surface area contributed by atoms with Crippen LogP contribution >= 0.6 is 0 Å². The van der Waals surface area contributed by atoms with Crippen molar-refractivity contribution in [2.75, 3.05) is 0 Å². The predicted octanol–water partition coefficient (Wildman–Crippen LogP) is 2.16. The number of aromatic carboxylic acids is 1. The molecular formula is C15H12O7S. The van der Waals surface area contributed by atoms with Crippen molar-refractivity contribution in [2.24, 2.45) is 0 Å². The lowest BCUT2D eigenvalue weighted by molar-refractivity contribution is 0.0663. The predicted molar refractivity (Wildman–Crippen MR) is 79.4 cm³/mol. The van der Waals surface area contributed by atoms with E-state index in [0.717, 1.165) is 23.8 Å². The van der Waals surface area contributed by atoms with Gasteiger partial charge in [0.15, 0.2) is 0 Å². The second-order valence-electron chi connectivity index (χ2n) is 4.66. The highest BCUT2D eigenvalue weighted by Gasteiger charge is 2.27. The minimum Gasteiger partial charge on any atom is -0.478 e. The molecule has 0 amide bonds. The third-order valence-electron chi connectivity index (χ3n) is 2.94. The highest BCUT2D eigenvalue weighted by Crippen LogP contribution is 2.22. The Morgan fingerprint density at radius 2 is 1.74 bits per heavy atom. The molecule has 0 aliphatic carbocycles. The number of rotatable bonds is 4. The average molecular weight is 336 g/mol. The van der Waals surface area contributed by atoms with E-state index in [1.807, 2.05) is 0 Å². The number of hydrogen-bond donors (Lipinski definition) is 2. The first-order valence-electron chi connectivity index (χ1n) is 6.33. The molecule has 2 aromatic rings. The van der Waals surface area contributed by atoms with Crippen LogP contribution in [0.3, 0.4) is 0 Å². The maximum Gasteiger partial charge on any atom is 0.344 e. The van der Waals surface area contributed by atoms with E-state index in [9.17, 15) is 23.1 Å². The molecule has 0 radical (unpaired) electrons. The minimum absolute atomic E-state index is 0.184. The van der Waals surface area contributed by atoms with Gasteiger partial charge in [-0.25, -0.2) is 9.59 Å². The van der Waals surface area contributed by atoms with Crippen molar-refractivity contribution in [1.29, 1.82) is 0 Å². The Bertz CT molecular complexity index is 884. The van der Waals surface area contributed by atoms with Crippen LogP contribution in [0.15, 0.2) is 47.4 Å². The van der Waals surface area contributed by atoms with Crippen LogP contribution in [0.5, 0.6) is 5.75 Å². The standard InChI is InChI=1S/C15H12O7S/c1-9-4-2-5-10(8-9)22-15(18)11-6-3-7-12(23(19,20)21)13(11)14(16)17/h2-8H,1H3,(H,16,17)(H,19,20,21). The molecule has 0 aromatic heterocycles. The zero-order valence-corrected chi connectivity index (χ0v) is 12.7. The van der Waals surface area contributed by atoms with Crippen molar-refractivity contribution in [3.8, 4) is 5.75 Å². The van der Waals surface area contributed by atoms with Gasteiger partial charge in [0.25, 0.3) is 10.1 Å². The number of ether oxygens (including phenoxy) is 1. The number of carbonyl (C=O) groups excluding carboxylic acids is 1. The van der Waals surface area contributed by atoms with Gasteiger partial charge in [-0.3, -0.25) is 4.55 Å². The van der Waals surface area contributed by atoms with Crippen LogP contribution in [0, 0.1) is 6.92 Å². The van der Waals surface area contributed by atoms with Crippen molar-refractivity contribution in [2.45, 2.75) is 11.8 Å². The van der Waals surface area contributed by atoms with Gasteiger partial charge in [-0.2, -0.15) is 8.42 Å². The Balaban J connectivity index is 2.51. The molecular weight excluding hydrogens is 324 g/mol. The van der Waals surface area contributed by atoms with Crippen molar-refractivity contribution in [3.63, 3.8) is 0 Å². The quantitative estimate of drug-likeness (QED) is 0.499. The molecule has 23 heavy (non-hydrogen) atoms. The first kappa shape index (κ1) is 16.7. The summed E-state index contributed by atoms with van der Waals surface area (Å²) in [5.74, 6) is -2.53. The molecule has 0 fully saturated rings. The van der Waals surface area contributed by atoms with Crippen LogP contribution in [0.4, 0.5) is 0 Å². The van der Waals surface area contributed by atoms with E-state index >= 15 is 0 Å². The van der Waals surface area contributed by atoms with Crippen LogP contribution < -0.4 is 4.74 Å². The SMILES string of the molecule is Cc1cccc(OC(=O)c2cccc(S(=O)(=O)O)c2C(=O)O)c1. The smallest absolute Gasteiger partial charge is 0.344 e. The van der Waals surface area contributed by atoms with E-state index < -0.39 is 38.1 Å². The number of hydrogen-bond acceptors (Lipinski definition) is 5. The Morgan fingerprint density at radius 3 is 2.30 bits per heavy atom. The number of benzene rings is 2. The lowest BCUT2D eigenvalue weighted by atomic mass is 10.1. The molecule has 0 spiro atoms. The molecule has 0 aliphatic heterocycles. The summed E-state index contributed by atoms with van der Waals surface area (Å²) in [7, 11) is -4.80. The molecule has 120 valence electrons. The van der Waals surface area contributed by atoms with Crippen molar-refractivity contribution in [3.05, 3.63) is 59.2 Å². The number of carboxylic acids is 1. The van der Waals surface area contributed by atoms with Gasteiger partial charge in [0.05, 0.1) is 11.1 Å². The summed E-state index contributed by atoms with van der Waals surface area (Å²) >= 11 is 0. The Kier molecular flexibility index (Phi) is 4.48. The molecule has 0 aliphatic rings. The zero-order chi connectivity index (χ0) is 17.2. The number of carbonyl (C=O) groups is 2. The summed E-state index contributed by atoms with van der Waals surface area (Å²) < 4.78 is 36.7. The highest BCUT2D eigenvalue weighted by atomic mass is 32.2. The van der Waals surface area contributed by atoms with Crippen molar-refractivity contribution >= 4 is 22.1 Å². The molecule has 0 unspecified atom stereocenters. The van der Waals surface area contributed by atoms with Gasteiger partial charge in [-0.1, -0.05) is 18.2 Å². The fourth-order valence-electron chi connectivity index (χ4n) is 1.98. The molecule has 0 saturated heterocycles. The molecule has 0 bridgehead atoms. The summed E-state index contributed by atoms with van der Waals surface area (Å²) in [4.78, 5) is 22.6. The van der Waals surface area contributed by atoms with E-state index in [-0.39, 0.29) is 5.75 Å². The second-order valence-corrected chi connectivity index (χ2v) is 6.05. The van der Waals surface area contributed by atoms with Crippen LogP contribution in [0.1, 0.15) is 26.3 Å². The lowest BCUT2D eigenvalue weighted by Crippen LogP contribution is -2.17. The maximum absolute atomic E-state index is 12.2. The van der Waals surface area contributed by atoms with Gasteiger partial charge in [-0.15, -0.1) is 0 Å². The van der Waals surface area contributed by atoms with E-state index in [1.54, 1.807) is 25.1 Å². The summed E-state index contributed by atoms with van der Waals surface area (Å²) in [5, 5.41) is 9.19. The van der Waals surface area contributed by atoms with Crippen LogP contribution in [0.25, 0.3) is 0 Å². The van der Waals surface area contributed by atoms with E-state index in [4.69, 9.17) is 9.29 Å². The third kappa shape index (κ3) is 3.74. The van der Waals surface area contributed by atoms with E-state index in [0.29, 0.717) is 0 Å². The van der Waals surface area contributed by atoms with Gasteiger partial charge in [0.1, 0.15) is 10.6 Å². The second kappa shape index (κ2) is 6.19. The van der Waals surface area contributed by atoms with Gasteiger partial charge >= 0.3 is 11.9 Å². The fraction of sp³-hybridized carbons (Fsp3) is 0.0667. The summed E-state index contributed by atoms with van der Waals surface area (Å²) in [6.45, 7) is 1.78. The van der Waals surface area contributed by atoms with E-state index in [1.165, 1.54) is 6.07 Å². The monoisotopic (exact) mass is 336 g/mol. The highest BCUT2D eigenvalue weighted by molar-refractivity contribution is 7.86. The summed E-state index contributed by atoms with van der Waals surface area (Å²) in [6, 6.07) is 9.62.